The first kappa shape index (κ1) is 13.4. The van der Waals surface area contributed by atoms with E-state index >= 15 is 0 Å². The molecule has 1 aromatic carbocycles. The molecule has 0 aliphatic heterocycles. The van der Waals surface area contributed by atoms with E-state index in [0.29, 0.717) is 0 Å². The van der Waals surface area contributed by atoms with Crippen molar-refractivity contribution in [3.05, 3.63) is 32.7 Å². The molecule has 0 radical (unpaired) electrons. The van der Waals surface area contributed by atoms with Crippen LogP contribution in [-0.4, -0.2) is 0 Å². The Balaban J connectivity index is 0.00000144. The molecule has 0 aliphatic rings. The first-order chi connectivity index (χ1) is 5.39. The van der Waals surface area contributed by atoms with Crippen LogP contribution in [0.1, 0.15) is 19.4 Å². The summed E-state index contributed by atoms with van der Waals surface area (Å²) in [5.74, 6) is 0. The maximum absolute atomic E-state index is 5.95. The summed E-state index contributed by atoms with van der Waals surface area (Å²) in [6.45, 7) is 3.97. The first-order valence-electron chi connectivity index (χ1n) is 3.65. The Kier molecular flexibility index (Phi) is 4.94. The van der Waals surface area contributed by atoms with Crippen LogP contribution >= 0.6 is 44.3 Å². The van der Waals surface area contributed by atoms with Gasteiger partial charge in [0.05, 0.1) is 0 Å². The molecule has 0 aliphatic carbocycles. The highest BCUT2D eigenvalue weighted by atomic mass is 79.9. The Bertz CT molecular complexity index is 274. The smallest absolute Gasteiger partial charge is 0.0353 e. The van der Waals surface area contributed by atoms with Gasteiger partial charge in [-0.15, -0.1) is 12.4 Å². The van der Waals surface area contributed by atoms with E-state index < -0.39 is 0 Å². The molecule has 0 amide bonds. The quantitative estimate of drug-likeness (QED) is 0.833. The van der Waals surface area contributed by atoms with Gasteiger partial charge in [-0.2, -0.15) is 0 Å². The van der Waals surface area contributed by atoms with Crippen LogP contribution in [0, 0.1) is 0 Å². The Hall–Kier alpha value is 0.430. The molecule has 1 rings (SSSR count). The van der Waals surface area contributed by atoms with Crippen LogP contribution in [0.15, 0.2) is 27.1 Å². The fraction of sp³-hybridized carbons (Fsp3) is 0.333. The summed E-state index contributed by atoms with van der Waals surface area (Å²) in [4.78, 5) is 0. The lowest BCUT2D eigenvalue weighted by atomic mass is 9.96. The van der Waals surface area contributed by atoms with Crippen LogP contribution in [0.3, 0.4) is 0 Å². The number of hydrogen-bond acceptors (Lipinski definition) is 1. The second-order valence-corrected chi connectivity index (χ2v) is 5.21. The molecule has 4 heteroatoms. The van der Waals surface area contributed by atoms with Crippen molar-refractivity contribution < 1.29 is 0 Å². The number of nitrogens with two attached hydrogens (primary N) is 1. The van der Waals surface area contributed by atoms with Crippen molar-refractivity contribution in [1.29, 1.82) is 0 Å². The standard InChI is InChI=1S/C9H11Br2N.ClH/c1-9(2,12)6-3-7(10)5-8(11)4-6;/h3-5H,12H2,1-2H3;1H. The highest BCUT2D eigenvalue weighted by molar-refractivity contribution is 9.11. The van der Waals surface area contributed by atoms with E-state index in [1.54, 1.807) is 0 Å². The topological polar surface area (TPSA) is 26.0 Å². The molecular weight excluding hydrogens is 317 g/mol. The monoisotopic (exact) mass is 327 g/mol. The molecule has 74 valence electrons. The number of halogens is 3. The highest BCUT2D eigenvalue weighted by Crippen LogP contribution is 2.25. The molecular formula is C9H12Br2ClN. The molecule has 0 atom stereocenters. The van der Waals surface area contributed by atoms with Gasteiger partial charge in [-0.1, -0.05) is 31.9 Å². The molecule has 0 fully saturated rings. The van der Waals surface area contributed by atoms with E-state index in [-0.39, 0.29) is 17.9 Å². The van der Waals surface area contributed by atoms with Crippen LogP contribution in [0.2, 0.25) is 0 Å². The minimum absolute atomic E-state index is 0. The van der Waals surface area contributed by atoms with Gasteiger partial charge < -0.3 is 5.73 Å². The fourth-order valence-corrected chi connectivity index (χ4v) is 2.22. The van der Waals surface area contributed by atoms with Crippen molar-refractivity contribution in [2.45, 2.75) is 19.4 Å². The predicted molar refractivity (Wildman–Crippen MR) is 66.3 cm³/mol. The van der Waals surface area contributed by atoms with Gasteiger partial charge in [0.2, 0.25) is 0 Å². The average Bonchev–Trinajstić information content (AvgIpc) is 1.82. The highest BCUT2D eigenvalue weighted by Gasteiger charge is 2.14. The third-order valence-electron chi connectivity index (χ3n) is 1.61. The summed E-state index contributed by atoms with van der Waals surface area (Å²) < 4.78 is 2.09. The normalized spacial score (nSPS) is 10.8. The van der Waals surface area contributed by atoms with Crippen LogP contribution < -0.4 is 5.73 Å². The van der Waals surface area contributed by atoms with Crippen LogP contribution in [0.5, 0.6) is 0 Å². The molecule has 0 saturated heterocycles. The maximum Gasteiger partial charge on any atom is 0.0353 e. The van der Waals surface area contributed by atoms with E-state index in [1.165, 1.54) is 0 Å². The van der Waals surface area contributed by atoms with Gasteiger partial charge in [0.25, 0.3) is 0 Å². The molecule has 0 saturated carbocycles. The summed E-state index contributed by atoms with van der Waals surface area (Å²) >= 11 is 6.84. The molecule has 1 nitrogen and oxygen atoms in total. The third kappa shape index (κ3) is 3.98. The lowest BCUT2D eigenvalue weighted by Crippen LogP contribution is -2.28. The fourth-order valence-electron chi connectivity index (χ4n) is 0.926. The third-order valence-corrected chi connectivity index (χ3v) is 2.52. The molecule has 0 unspecified atom stereocenters. The largest absolute Gasteiger partial charge is 0.322 e. The van der Waals surface area contributed by atoms with Crippen LogP contribution in [-0.2, 0) is 5.54 Å². The summed E-state index contributed by atoms with van der Waals surface area (Å²) in [7, 11) is 0. The van der Waals surface area contributed by atoms with E-state index in [2.05, 4.69) is 31.9 Å². The SMILES string of the molecule is CC(C)(N)c1cc(Br)cc(Br)c1.Cl. The van der Waals surface area contributed by atoms with Gasteiger partial charge in [-0.25, -0.2) is 0 Å². The van der Waals surface area contributed by atoms with E-state index in [9.17, 15) is 0 Å². The molecule has 1 aromatic rings. The Morgan fingerprint density at radius 1 is 1.08 bits per heavy atom. The lowest BCUT2D eigenvalue weighted by Gasteiger charge is -2.19. The maximum atomic E-state index is 5.95. The van der Waals surface area contributed by atoms with E-state index in [4.69, 9.17) is 5.73 Å². The van der Waals surface area contributed by atoms with Gasteiger partial charge in [-0.3, -0.25) is 0 Å². The summed E-state index contributed by atoms with van der Waals surface area (Å²) in [5.41, 5.74) is 6.78. The molecule has 0 spiro atoms. The number of hydrogen-bond donors (Lipinski definition) is 1. The summed E-state index contributed by atoms with van der Waals surface area (Å²) in [5, 5.41) is 0. The Morgan fingerprint density at radius 2 is 1.46 bits per heavy atom. The van der Waals surface area contributed by atoms with Crippen molar-refractivity contribution in [2.24, 2.45) is 5.73 Å². The van der Waals surface area contributed by atoms with Crippen LogP contribution in [0.4, 0.5) is 0 Å². The van der Waals surface area contributed by atoms with Crippen molar-refractivity contribution in [3.63, 3.8) is 0 Å². The summed E-state index contributed by atoms with van der Waals surface area (Å²) in [6, 6.07) is 6.06. The second-order valence-electron chi connectivity index (χ2n) is 3.38. The Labute approximate surface area is 102 Å². The first-order valence-corrected chi connectivity index (χ1v) is 5.23. The minimum atomic E-state index is -0.285. The van der Waals surface area contributed by atoms with Gasteiger partial charge in [0.1, 0.15) is 0 Å². The Morgan fingerprint density at radius 3 is 1.77 bits per heavy atom. The number of benzene rings is 1. The van der Waals surface area contributed by atoms with E-state index in [1.807, 2.05) is 32.0 Å². The van der Waals surface area contributed by atoms with Gasteiger partial charge in [0, 0.05) is 14.5 Å². The van der Waals surface area contributed by atoms with Gasteiger partial charge in [-0.05, 0) is 37.6 Å². The van der Waals surface area contributed by atoms with Crippen molar-refractivity contribution in [3.8, 4) is 0 Å². The van der Waals surface area contributed by atoms with Gasteiger partial charge >= 0.3 is 0 Å². The van der Waals surface area contributed by atoms with E-state index in [0.717, 1.165) is 14.5 Å². The molecule has 0 aromatic heterocycles. The average molecular weight is 329 g/mol. The van der Waals surface area contributed by atoms with Crippen LogP contribution in [0.25, 0.3) is 0 Å². The molecule has 0 heterocycles. The zero-order valence-corrected chi connectivity index (χ0v) is 11.5. The van der Waals surface area contributed by atoms with Gasteiger partial charge in [0.15, 0.2) is 0 Å². The predicted octanol–water partition coefficient (Wildman–Crippen LogP) is 3.83. The number of rotatable bonds is 1. The van der Waals surface area contributed by atoms with Crippen molar-refractivity contribution >= 4 is 44.3 Å². The minimum Gasteiger partial charge on any atom is -0.322 e. The molecule has 2 N–H and O–H groups in total. The second kappa shape index (κ2) is 4.78. The summed E-state index contributed by atoms with van der Waals surface area (Å²) in [6.07, 6.45) is 0. The zero-order chi connectivity index (χ0) is 9.35. The lowest BCUT2D eigenvalue weighted by molar-refractivity contribution is 0.554. The molecule has 13 heavy (non-hydrogen) atoms. The molecule has 0 bridgehead atoms. The van der Waals surface area contributed by atoms with Crippen molar-refractivity contribution in [2.75, 3.05) is 0 Å². The zero-order valence-electron chi connectivity index (χ0n) is 7.47. The van der Waals surface area contributed by atoms with Crippen molar-refractivity contribution in [1.82, 2.24) is 0 Å².